The van der Waals surface area contributed by atoms with Crippen LogP contribution >= 0.6 is 0 Å². The molecule has 0 aliphatic rings. The van der Waals surface area contributed by atoms with Crippen molar-refractivity contribution < 1.29 is 9.13 Å². The van der Waals surface area contributed by atoms with Gasteiger partial charge in [0.15, 0.2) is 0 Å². The number of nitrogens with two attached hydrogens (primary N) is 1. The summed E-state index contributed by atoms with van der Waals surface area (Å²) < 4.78 is 19.3. The number of hydrogen-bond acceptors (Lipinski definition) is 2. The minimum absolute atomic E-state index is 0.209. The lowest BCUT2D eigenvalue weighted by Crippen LogP contribution is -2.29. The fraction of sp³-hybridized carbons (Fsp3) is 1.00. The fourth-order valence-corrected chi connectivity index (χ4v) is 1.99. The Bertz CT molecular complexity index is 155. The molecule has 3 heteroatoms. The van der Waals surface area contributed by atoms with Crippen molar-refractivity contribution in [2.75, 3.05) is 20.3 Å². The maximum absolute atomic E-state index is 14.3. The topological polar surface area (TPSA) is 35.2 Å². The van der Waals surface area contributed by atoms with Crippen molar-refractivity contribution >= 4 is 0 Å². The van der Waals surface area contributed by atoms with Gasteiger partial charge in [-0.2, -0.15) is 0 Å². The normalized spacial score (nSPS) is 15.0. The first-order valence-electron chi connectivity index (χ1n) is 6.56. The van der Waals surface area contributed by atoms with Crippen LogP contribution in [0.2, 0.25) is 0 Å². The summed E-state index contributed by atoms with van der Waals surface area (Å²) in [5, 5.41) is 0. The summed E-state index contributed by atoms with van der Waals surface area (Å²) in [6.07, 6.45) is 7.69. The molecule has 0 saturated carbocycles. The zero-order chi connectivity index (χ0) is 12.3. The second-order valence-corrected chi connectivity index (χ2v) is 4.64. The molecule has 0 bridgehead atoms. The van der Waals surface area contributed by atoms with E-state index in [0.29, 0.717) is 19.4 Å². The van der Waals surface area contributed by atoms with Crippen molar-refractivity contribution in [1.29, 1.82) is 0 Å². The first-order valence-corrected chi connectivity index (χ1v) is 6.56. The van der Waals surface area contributed by atoms with Crippen molar-refractivity contribution in [1.82, 2.24) is 0 Å². The number of rotatable bonds is 11. The van der Waals surface area contributed by atoms with Crippen LogP contribution in [0.4, 0.5) is 4.39 Å². The summed E-state index contributed by atoms with van der Waals surface area (Å²) in [7, 11) is 1.56. The summed E-state index contributed by atoms with van der Waals surface area (Å²) >= 11 is 0. The van der Waals surface area contributed by atoms with Gasteiger partial charge in [0.2, 0.25) is 0 Å². The third kappa shape index (κ3) is 8.05. The molecular formula is C13H28FNO. The Hall–Kier alpha value is -0.150. The van der Waals surface area contributed by atoms with Crippen LogP contribution in [-0.4, -0.2) is 25.9 Å². The Balaban J connectivity index is 3.73. The van der Waals surface area contributed by atoms with Gasteiger partial charge in [-0.25, -0.2) is 4.39 Å². The lowest BCUT2D eigenvalue weighted by atomic mass is 9.93. The Morgan fingerprint density at radius 2 is 1.69 bits per heavy atom. The molecule has 98 valence electrons. The molecule has 0 aliphatic carbocycles. The van der Waals surface area contributed by atoms with Crippen LogP contribution in [0.15, 0.2) is 0 Å². The van der Waals surface area contributed by atoms with Crippen LogP contribution < -0.4 is 5.73 Å². The molecule has 0 radical (unpaired) electrons. The van der Waals surface area contributed by atoms with E-state index in [-0.39, 0.29) is 6.61 Å². The number of hydrogen-bond donors (Lipinski definition) is 1. The molecular weight excluding hydrogens is 205 g/mol. The molecule has 0 aromatic rings. The lowest BCUT2D eigenvalue weighted by molar-refractivity contribution is 0.0248. The molecule has 0 heterocycles. The molecule has 0 aromatic heterocycles. The Labute approximate surface area is 99.7 Å². The highest BCUT2D eigenvalue weighted by Gasteiger charge is 2.28. The van der Waals surface area contributed by atoms with Gasteiger partial charge in [0.1, 0.15) is 5.67 Å². The van der Waals surface area contributed by atoms with Gasteiger partial charge in [-0.15, -0.1) is 0 Å². The molecule has 0 aliphatic heterocycles. The maximum atomic E-state index is 14.3. The number of alkyl halides is 1. The Morgan fingerprint density at radius 1 is 1.06 bits per heavy atom. The predicted octanol–water partition coefficient (Wildman–Crippen LogP) is 3.44. The first kappa shape index (κ1) is 15.9. The number of methoxy groups -OCH3 is 1. The molecule has 16 heavy (non-hydrogen) atoms. The monoisotopic (exact) mass is 233 g/mol. The molecule has 2 N–H and O–H groups in total. The lowest BCUT2D eigenvalue weighted by Gasteiger charge is -2.24. The van der Waals surface area contributed by atoms with Gasteiger partial charge < -0.3 is 10.5 Å². The molecule has 2 nitrogen and oxygen atoms in total. The predicted molar refractivity (Wildman–Crippen MR) is 67.4 cm³/mol. The van der Waals surface area contributed by atoms with Gasteiger partial charge in [0.25, 0.3) is 0 Å². The zero-order valence-electron chi connectivity index (χ0n) is 10.9. The molecule has 0 fully saturated rings. The van der Waals surface area contributed by atoms with Gasteiger partial charge in [-0.05, 0) is 25.8 Å². The van der Waals surface area contributed by atoms with Crippen molar-refractivity contribution in [3.05, 3.63) is 0 Å². The van der Waals surface area contributed by atoms with E-state index in [4.69, 9.17) is 10.5 Å². The fourth-order valence-electron chi connectivity index (χ4n) is 1.99. The molecule has 0 saturated heterocycles. The van der Waals surface area contributed by atoms with Gasteiger partial charge in [-0.1, -0.05) is 39.0 Å². The quantitative estimate of drug-likeness (QED) is 0.555. The van der Waals surface area contributed by atoms with Crippen LogP contribution in [0, 0.1) is 0 Å². The molecule has 1 unspecified atom stereocenters. The largest absolute Gasteiger partial charge is 0.381 e. The average Bonchev–Trinajstić information content (AvgIpc) is 2.27. The van der Waals surface area contributed by atoms with Crippen LogP contribution in [-0.2, 0) is 4.74 Å². The van der Waals surface area contributed by atoms with Crippen molar-refractivity contribution in [3.63, 3.8) is 0 Å². The van der Waals surface area contributed by atoms with Crippen LogP contribution in [0.1, 0.15) is 58.3 Å². The van der Waals surface area contributed by atoms with E-state index in [1.165, 1.54) is 19.3 Å². The summed E-state index contributed by atoms with van der Waals surface area (Å²) in [6.45, 7) is 2.96. The molecule has 0 amide bonds. The van der Waals surface area contributed by atoms with E-state index in [1.54, 1.807) is 7.11 Å². The van der Waals surface area contributed by atoms with E-state index in [9.17, 15) is 4.39 Å². The zero-order valence-corrected chi connectivity index (χ0v) is 10.9. The van der Waals surface area contributed by atoms with Crippen LogP contribution in [0.5, 0.6) is 0 Å². The van der Waals surface area contributed by atoms with Crippen molar-refractivity contribution in [2.24, 2.45) is 5.73 Å². The van der Waals surface area contributed by atoms with Crippen molar-refractivity contribution in [3.8, 4) is 0 Å². The van der Waals surface area contributed by atoms with Crippen LogP contribution in [0.3, 0.4) is 0 Å². The van der Waals surface area contributed by atoms with E-state index >= 15 is 0 Å². The molecule has 0 aromatic carbocycles. The third-order valence-corrected chi connectivity index (χ3v) is 2.96. The molecule has 0 spiro atoms. The van der Waals surface area contributed by atoms with Crippen molar-refractivity contribution in [2.45, 2.75) is 64.0 Å². The average molecular weight is 233 g/mol. The summed E-state index contributed by atoms with van der Waals surface area (Å²) in [4.78, 5) is 0. The molecule has 0 rings (SSSR count). The SMILES string of the molecule is CCCCCCCC(F)(CCCN)COC. The summed E-state index contributed by atoms with van der Waals surface area (Å²) in [6, 6.07) is 0. The van der Waals surface area contributed by atoms with E-state index in [0.717, 1.165) is 19.3 Å². The van der Waals surface area contributed by atoms with E-state index in [1.807, 2.05) is 0 Å². The Kier molecular flexibility index (Phi) is 9.94. The molecule has 1 atom stereocenters. The summed E-state index contributed by atoms with van der Waals surface area (Å²) in [5.41, 5.74) is 4.27. The van der Waals surface area contributed by atoms with Crippen LogP contribution in [0.25, 0.3) is 0 Å². The number of halogens is 1. The third-order valence-electron chi connectivity index (χ3n) is 2.96. The van der Waals surface area contributed by atoms with Gasteiger partial charge in [0.05, 0.1) is 6.61 Å². The first-order chi connectivity index (χ1) is 7.68. The number of unbranched alkanes of at least 4 members (excludes halogenated alkanes) is 4. The van der Waals surface area contributed by atoms with Gasteiger partial charge in [0, 0.05) is 7.11 Å². The highest BCUT2D eigenvalue weighted by Crippen LogP contribution is 2.26. The Morgan fingerprint density at radius 3 is 2.25 bits per heavy atom. The van der Waals surface area contributed by atoms with E-state index in [2.05, 4.69) is 6.92 Å². The minimum atomic E-state index is -1.15. The van der Waals surface area contributed by atoms with Gasteiger partial charge in [-0.3, -0.25) is 0 Å². The second-order valence-electron chi connectivity index (χ2n) is 4.64. The maximum Gasteiger partial charge on any atom is 0.134 e. The number of ether oxygens (including phenoxy) is 1. The summed E-state index contributed by atoms with van der Waals surface area (Å²) in [5.74, 6) is 0. The standard InChI is InChI=1S/C13H28FNO/c1-3-4-5-6-7-9-13(14,12-16-2)10-8-11-15/h3-12,15H2,1-2H3. The minimum Gasteiger partial charge on any atom is -0.381 e. The van der Waals surface area contributed by atoms with E-state index < -0.39 is 5.67 Å². The second kappa shape index (κ2) is 10.0. The smallest absolute Gasteiger partial charge is 0.134 e. The highest BCUT2D eigenvalue weighted by atomic mass is 19.1. The van der Waals surface area contributed by atoms with Gasteiger partial charge >= 0.3 is 0 Å². The highest BCUT2D eigenvalue weighted by molar-refractivity contribution is 4.78.